The second kappa shape index (κ2) is 8.47. The summed E-state index contributed by atoms with van der Waals surface area (Å²) in [6, 6.07) is 5.92. The van der Waals surface area contributed by atoms with Gasteiger partial charge in [-0.15, -0.1) is 0 Å². The van der Waals surface area contributed by atoms with Gasteiger partial charge >= 0.3 is 142 Å². The van der Waals surface area contributed by atoms with Gasteiger partial charge in [0, 0.05) is 6.20 Å². The van der Waals surface area contributed by atoms with Crippen LogP contribution in [0.1, 0.15) is 61.8 Å². The number of rotatable bonds is 6. The molecule has 0 bridgehead atoms. The van der Waals surface area contributed by atoms with Crippen molar-refractivity contribution in [2.24, 2.45) is 0 Å². The van der Waals surface area contributed by atoms with Crippen LogP contribution in [-0.4, -0.2) is 51.2 Å². The van der Waals surface area contributed by atoms with Gasteiger partial charge in [-0.25, -0.2) is 0 Å². The minimum absolute atomic E-state index is 0.155. The molecule has 0 radical (unpaired) electrons. The molecule has 0 amide bonds. The third kappa shape index (κ3) is 4.45. The number of aromatic nitrogens is 4. The van der Waals surface area contributed by atoms with Crippen molar-refractivity contribution in [2.45, 2.75) is 68.5 Å². The first-order valence-corrected chi connectivity index (χ1v) is 16.2. The Morgan fingerprint density at radius 3 is 2.94 bits per heavy atom. The fourth-order valence-corrected chi connectivity index (χ4v) is 8.99. The summed E-state index contributed by atoms with van der Waals surface area (Å²) in [5, 5.41) is 25.2. The molecule has 1 aliphatic carbocycles. The van der Waals surface area contributed by atoms with E-state index < -0.39 is 26.1 Å². The summed E-state index contributed by atoms with van der Waals surface area (Å²) in [6.45, 7) is 4.70. The molecule has 0 saturated heterocycles. The normalized spacial score (nSPS) is 21.3. The van der Waals surface area contributed by atoms with Gasteiger partial charge < -0.3 is 5.11 Å². The number of H-pyrrole nitrogens is 1. The number of aliphatic hydroxyl groups is 1. The zero-order chi connectivity index (χ0) is 22.5. The van der Waals surface area contributed by atoms with Crippen LogP contribution in [0.2, 0.25) is 4.87 Å². The van der Waals surface area contributed by atoms with Gasteiger partial charge in [0.25, 0.3) is 0 Å². The number of benzene rings is 1. The van der Waals surface area contributed by atoms with E-state index in [1.165, 1.54) is 9.07 Å². The number of nitrogens with one attached hydrogen (secondary N) is 3. The van der Waals surface area contributed by atoms with Crippen molar-refractivity contribution in [2.75, 3.05) is 5.32 Å². The summed E-state index contributed by atoms with van der Waals surface area (Å²) in [6.07, 6.45) is 7.18. The molecule has 1 fully saturated rings. The van der Waals surface area contributed by atoms with E-state index in [0.29, 0.717) is 36.4 Å². The molecule has 2 aliphatic rings. The molecular weight excluding hydrogens is 517 g/mol. The van der Waals surface area contributed by atoms with Crippen molar-refractivity contribution >= 4 is 35.5 Å². The Bertz CT molecular complexity index is 1120. The van der Waals surface area contributed by atoms with E-state index in [1.807, 2.05) is 23.0 Å². The van der Waals surface area contributed by atoms with Gasteiger partial charge in [-0.05, 0) is 13.8 Å². The number of hydrogen-bond acceptors (Lipinski definition) is 5. The van der Waals surface area contributed by atoms with Gasteiger partial charge in [-0.2, -0.15) is 5.10 Å². The molecule has 5 rings (SSSR count). The van der Waals surface area contributed by atoms with Crippen LogP contribution < -0.4 is 12.3 Å². The monoisotopic (exact) mass is 546 g/mol. The second-order valence-electron chi connectivity index (χ2n) is 9.64. The first-order chi connectivity index (χ1) is 15.3. The fraction of sp³-hybridized carbons (Fsp3) is 0.478. The van der Waals surface area contributed by atoms with Crippen LogP contribution in [0.4, 0.5) is 15.9 Å². The van der Waals surface area contributed by atoms with E-state index in [1.54, 1.807) is 13.8 Å². The maximum absolute atomic E-state index is 14.9. The number of aromatic amines is 1. The van der Waals surface area contributed by atoms with Crippen LogP contribution in [0, 0.1) is 5.82 Å². The van der Waals surface area contributed by atoms with E-state index in [2.05, 4.69) is 41.2 Å². The summed E-state index contributed by atoms with van der Waals surface area (Å²) in [5.41, 5.74) is 2.84. The molecule has 2 unspecified atom stereocenters. The van der Waals surface area contributed by atoms with Gasteiger partial charge in [-0.1, -0.05) is 0 Å². The topological polar surface area (TPSA) is 90.8 Å². The molecule has 1 saturated carbocycles. The molecule has 3 aromatic rings. The summed E-state index contributed by atoms with van der Waals surface area (Å²) in [5.74, 6) is 1.34. The van der Waals surface area contributed by atoms with Crippen LogP contribution in [0.3, 0.4) is 0 Å². The van der Waals surface area contributed by atoms with Gasteiger partial charge in [0.05, 0.1) is 18.3 Å². The fourth-order valence-electron chi connectivity index (χ4n) is 4.86. The van der Waals surface area contributed by atoms with Crippen LogP contribution >= 0.6 is 0 Å². The van der Waals surface area contributed by atoms with Crippen molar-refractivity contribution in [1.82, 2.24) is 23.5 Å². The number of halogens is 1. The van der Waals surface area contributed by atoms with Gasteiger partial charge in [0.2, 0.25) is 0 Å². The molecule has 9 heteroatoms. The molecule has 3 heterocycles. The summed E-state index contributed by atoms with van der Waals surface area (Å²) in [4.78, 5) is 2.23. The number of fused-ring (bicyclic) bond motifs is 1. The van der Waals surface area contributed by atoms with Crippen LogP contribution in [0.25, 0.3) is 0 Å². The maximum atomic E-state index is 14.9. The Hall–Kier alpha value is -1.89. The molecule has 32 heavy (non-hydrogen) atoms. The summed E-state index contributed by atoms with van der Waals surface area (Å²) in [7, 11) is 0. The van der Waals surface area contributed by atoms with Crippen LogP contribution in [0.15, 0.2) is 30.6 Å². The number of anilines is 2. The van der Waals surface area contributed by atoms with Crippen molar-refractivity contribution in [3.8, 4) is 0 Å². The van der Waals surface area contributed by atoms with E-state index >= 15 is 0 Å². The van der Waals surface area contributed by atoms with E-state index in [9.17, 15) is 9.50 Å². The Labute approximate surface area is 195 Å². The summed E-state index contributed by atoms with van der Waals surface area (Å²) >= 11 is -1.63. The van der Waals surface area contributed by atoms with Gasteiger partial charge in [-0.3, -0.25) is 4.68 Å². The van der Waals surface area contributed by atoms with Crippen molar-refractivity contribution in [1.29, 1.82) is 0 Å². The van der Waals surface area contributed by atoms with Crippen molar-refractivity contribution in [3.05, 3.63) is 53.2 Å². The molecule has 0 spiro atoms. The predicted octanol–water partition coefficient (Wildman–Crippen LogP) is 3.24. The molecule has 4 N–H and O–H groups in total. The molecular formula is C23H30FN6OSb. The first kappa shape index (κ1) is 21.9. The Kier molecular flexibility index (Phi) is 5.80. The van der Waals surface area contributed by atoms with E-state index in [0.717, 1.165) is 30.5 Å². The molecule has 1 aliphatic heterocycles. The van der Waals surface area contributed by atoms with Crippen LogP contribution in [-0.2, 0) is 13.1 Å². The Morgan fingerprint density at radius 1 is 1.31 bits per heavy atom. The van der Waals surface area contributed by atoms with Gasteiger partial charge in [0.1, 0.15) is 0 Å². The number of nitrogens with zero attached hydrogens (tertiary/aromatic N) is 3. The third-order valence-corrected chi connectivity index (χ3v) is 11.5. The average Bonchev–Trinajstić information content (AvgIpc) is 3.50. The Morgan fingerprint density at radius 2 is 2.12 bits per heavy atom. The van der Waals surface area contributed by atoms with Crippen molar-refractivity contribution < 1.29 is 9.50 Å². The zero-order valence-corrected chi connectivity index (χ0v) is 21.2. The average molecular weight is 547 g/mol. The molecule has 1 aromatic carbocycles. The predicted molar refractivity (Wildman–Crippen MR) is 124 cm³/mol. The van der Waals surface area contributed by atoms with E-state index in [4.69, 9.17) is 0 Å². The SMILES string of the molecule is [CH3][Sb]1[NH]Cc2[c]1ccc(Nc1cc(C3CCC(c4cnn(CC(C)(C)O)c4)C3)[nH]n1)c2F. The molecule has 2 aromatic heterocycles. The quantitative estimate of drug-likeness (QED) is 0.356. The first-order valence-electron chi connectivity index (χ1n) is 11.1. The third-order valence-electron chi connectivity index (χ3n) is 6.48. The second-order valence-corrected chi connectivity index (χ2v) is 15.1. The van der Waals surface area contributed by atoms with Crippen LogP contribution in [0.5, 0.6) is 0 Å². The standard InChI is InChI=1S/C22H27FN6O.CH3.Sb/c1-22(2,30)13-29-12-17(11-25-29)14-6-7-15(8-14)19-9-20(28-27-19)26-18-5-3-4-16(10-24)21(18)23;;/h3,5,9,11-12,14-15,24,30H,6-8,10,13H2,1-2H3,(H2,26,27,28);1H3;/q-1;;+1. The molecule has 2 atom stereocenters. The molecule has 7 nitrogen and oxygen atoms in total. The number of hydrogen-bond donors (Lipinski definition) is 4. The minimum atomic E-state index is -1.63. The summed E-state index contributed by atoms with van der Waals surface area (Å²) < 4.78 is 21.4. The van der Waals surface area contributed by atoms with Gasteiger partial charge in [0.15, 0.2) is 0 Å². The zero-order valence-electron chi connectivity index (χ0n) is 18.7. The Balaban J connectivity index is 1.24. The van der Waals surface area contributed by atoms with E-state index in [-0.39, 0.29) is 5.82 Å². The molecule has 170 valence electrons. The van der Waals surface area contributed by atoms with Crippen molar-refractivity contribution in [3.63, 3.8) is 0 Å².